The molecule has 166 valence electrons. The molecule has 0 saturated heterocycles. The number of hydrogen-bond acceptors (Lipinski definition) is 1. The minimum atomic E-state index is -0.693. The molecule has 0 spiro atoms. The van der Waals surface area contributed by atoms with Crippen molar-refractivity contribution in [1.82, 2.24) is 0 Å². The molecule has 5 aromatic rings. The Hall–Kier alpha value is -2.39. The molecule has 1 aliphatic rings. The van der Waals surface area contributed by atoms with Crippen molar-refractivity contribution in [3.63, 3.8) is 0 Å². The second-order valence-electron chi connectivity index (χ2n) is 8.30. The van der Waals surface area contributed by atoms with Crippen molar-refractivity contribution in [2.75, 3.05) is 0 Å². The molecule has 5 aromatic carbocycles. The molecule has 0 fully saturated rings. The first-order valence-corrected chi connectivity index (χ1v) is 15.4. The van der Waals surface area contributed by atoms with Gasteiger partial charge in [0.2, 0.25) is 0 Å². The average molecular weight is 517 g/mol. The molecule has 1 aliphatic carbocycles. The monoisotopic (exact) mass is 516 g/mol. The number of aliphatic hydroxyl groups is 1. The standard InChI is InChI=1S/C30H22O.2ClH.Ti/c31-30(21-10-2-1-3-11-21)29-24-14-7-4-9-20(24)17-18-27(29)26-16-8-15-25-23-13-6-5-12-22(23)19-28(25)26;;;/h1-18,30-31H,19H2;2*1H;/q;;;+2/p-2. The molecule has 1 atom stereocenters. The van der Waals surface area contributed by atoms with Gasteiger partial charge in [-0.3, -0.25) is 0 Å². The van der Waals surface area contributed by atoms with Gasteiger partial charge in [-0.05, 0) is 56.1 Å². The first-order chi connectivity index (χ1) is 16.7. The number of rotatable bonds is 3. The van der Waals surface area contributed by atoms with E-state index >= 15 is 0 Å². The van der Waals surface area contributed by atoms with Crippen molar-refractivity contribution < 1.29 is 22.1 Å². The predicted octanol–water partition coefficient (Wildman–Crippen LogP) is 8.54. The SMILES string of the molecule is OC(c1ccccc1)c1c(-c2cccc3c2Cc2ccccc2-3)ccc2ccccc12.[Cl][Ti][Cl]. The third-order valence-corrected chi connectivity index (χ3v) is 6.50. The normalized spacial score (nSPS) is 12.3. The van der Waals surface area contributed by atoms with Crippen LogP contribution in [0.1, 0.15) is 28.4 Å². The van der Waals surface area contributed by atoms with Gasteiger partial charge < -0.3 is 5.11 Å². The van der Waals surface area contributed by atoms with Gasteiger partial charge in [-0.25, -0.2) is 0 Å². The van der Waals surface area contributed by atoms with Crippen molar-refractivity contribution in [3.05, 3.63) is 131 Å². The molecule has 1 unspecified atom stereocenters. The first-order valence-electron chi connectivity index (χ1n) is 11.1. The zero-order valence-corrected chi connectivity index (χ0v) is 21.5. The number of hydrogen-bond donors (Lipinski definition) is 1. The van der Waals surface area contributed by atoms with Gasteiger partial charge >= 0.3 is 35.6 Å². The summed E-state index contributed by atoms with van der Waals surface area (Å²) in [7, 11) is 9.78. The molecular formula is C30H22Cl2OTi. The Balaban J connectivity index is 0.000000764. The van der Waals surface area contributed by atoms with Gasteiger partial charge in [0.1, 0.15) is 6.10 Å². The van der Waals surface area contributed by atoms with E-state index in [9.17, 15) is 5.11 Å². The summed E-state index contributed by atoms with van der Waals surface area (Å²) in [6.45, 7) is 0. The molecule has 4 heteroatoms. The van der Waals surface area contributed by atoms with Crippen LogP contribution in [0.15, 0.2) is 109 Å². The summed E-state index contributed by atoms with van der Waals surface area (Å²) in [5.74, 6) is 0. The fourth-order valence-electron chi connectivity index (χ4n) is 5.04. The van der Waals surface area contributed by atoms with Crippen LogP contribution in [-0.4, -0.2) is 5.11 Å². The van der Waals surface area contributed by atoms with Gasteiger partial charge in [0.25, 0.3) is 0 Å². The van der Waals surface area contributed by atoms with Crippen molar-refractivity contribution in [2.24, 2.45) is 0 Å². The van der Waals surface area contributed by atoms with E-state index in [4.69, 9.17) is 18.6 Å². The van der Waals surface area contributed by atoms with Crippen LogP contribution >= 0.6 is 18.6 Å². The second kappa shape index (κ2) is 10.5. The second-order valence-corrected chi connectivity index (χ2v) is 10.9. The fourth-order valence-corrected chi connectivity index (χ4v) is 5.04. The number of aliphatic hydroxyl groups excluding tert-OH is 1. The van der Waals surface area contributed by atoms with Gasteiger partial charge in [0, 0.05) is 5.56 Å². The molecule has 0 aromatic heterocycles. The van der Waals surface area contributed by atoms with Crippen molar-refractivity contribution >= 4 is 29.4 Å². The number of fused-ring (bicyclic) bond motifs is 4. The van der Waals surface area contributed by atoms with Crippen LogP contribution in [0.2, 0.25) is 0 Å². The Labute approximate surface area is 216 Å². The minimum absolute atomic E-state index is 0.556. The van der Waals surface area contributed by atoms with Gasteiger partial charge in [-0.2, -0.15) is 0 Å². The molecule has 0 radical (unpaired) electrons. The zero-order chi connectivity index (χ0) is 23.5. The zero-order valence-electron chi connectivity index (χ0n) is 18.4. The summed E-state index contributed by atoms with van der Waals surface area (Å²) >= 11 is -0.556. The van der Waals surface area contributed by atoms with E-state index < -0.39 is 23.1 Å². The summed E-state index contributed by atoms with van der Waals surface area (Å²) in [5.41, 5.74) is 9.57. The van der Waals surface area contributed by atoms with Crippen LogP contribution in [0.4, 0.5) is 0 Å². The van der Waals surface area contributed by atoms with Gasteiger partial charge in [0.15, 0.2) is 0 Å². The summed E-state index contributed by atoms with van der Waals surface area (Å²) in [4.78, 5) is 0. The topological polar surface area (TPSA) is 20.2 Å². The first kappa shape index (κ1) is 23.4. The summed E-state index contributed by atoms with van der Waals surface area (Å²) < 4.78 is 0. The molecule has 0 saturated carbocycles. The molecule has 1 N–H and O–H groups in total. The van der Waals surface area contributed by atoms with E-state index in [2.05, 4.69) is 78.9 Å². The average Bonchev–Trinajstić information content (AvgIpc) is 3.28. The van der Waals surface area contributed by atoms with Gasteiger partial charge in [-0.15, -0.1) is 0 Å². The Bertz CT molecular complexity index is 1450. The number of benzene rings is 5. The predicted molar refractivity (Wildman–Crippen MR) is 140 cm³/mol. The Kier molecular flexibility index (Phi) is 7.20. The molecular weight excluding hydrogens is 495 g/mol. The van der Waals surface area contributed by atoms with Crippen molar-refractivity contribution in [1.29, 1.82) is 0 Å². The third kappa shape index (κ3) is 4.36. The van der Waals surface area contributed by atoms with Crippen LogP contribution in [0.5, 0.6) is 0 Å². The third-order valence-electron chi connectivity index (χ3n) is 6.50. The molecule has 6 rings (SSSR count). The van der Waals surface area contributed by atoms with Crippen LogP contribution in [0.25, 0.3) is 33.0 Å². The fraction of sp³-hybridized carbons (Fsp3) is 0.0667. The summed E-state index contributed by atoms with van der Waals surface area (Å²) in [6.07, 6.45) is 0.233. The van der Waals surface area contributed by atoms with Gasteiger partial charge in [0.05, 0.1) is 0 Å². The van der Waals surface area contributed by atoms with Gasteiger partial charge in [-0.1, -0.05) is 109 Å². The molecule has 0 amide bonds. The van der Waals surface area contributed by atoms with E-state index in [0.717, 1.165) is 33.9 Å². The van der Waals surface area contributed by atoms with Crippen LogP contribution < -0.4 is 0 Å². The van der Waals surface area contributed by atoms with Crippen LogP contribution in [0.3, 0.4) is 0 Å². The summed E-state index contributed by atoms with van der Waals surface area (Å²) in [6, 6.07) is 37.9. The van der Waals surface area contributed by atoms with E-state index in [0.29, 0.717) is 0 Å². The van der Waals surface area contributed by atoms with Crippen molar-refractivity contribution in [3.8, 4) is 22.3 Å². The molecule has 0 bridgehead atoms. The molecule has 0 heterocycles. The quantitative estimate of drug-likeness (QED) is 0.233. The molecule has 34 heavy (non-hydrogen) atoms. The summed E-state index contributed by atoms with van der Waals surface area (Å²) in [5, 5.41) is 13.8. The maximum absolute atomic E-state index is 11.6. The molecule has 1 nitrogen and oxygen atoms in total. The Morgan fingerprint density at radius 2 is 1.24 bits per heavy atom. The van der Waals surface area contributed by atoms with E-state index in [1.54, 1.807) is 0 Å². The maximum atomic E-state index is 11.6. The number of halogens is 2. The van der Waals surface area contributed by atoms with E-state index in [1.165, 1.54) is 27.8 Å². The van der Waals surface area contributed by atoms with Crippen LogP contribution in [0, 0.1) is 0 Å². The van der Waals surface area contributed by atoms with Crippen LogP contribution in [-0.2, 0) is 23.5 Å². The van der Waals surface area contributed by atoms with Crippen molar-refractivity contribution in [2.45, 2.75) is 12.5 Å². The molecule has 0 aliphatic heterocycles. The Morgan fingerprint density at radius 3 is 2.03 bits per heavy atom. The Morgan fingerprint density at radius 1 is 0.618 bits per heavy atom. The van der Waals surface area contributed by atoms with E-state index in [1.807, 2.05) is 30.3 Å². The van der Waals surface area contributed by atoms with E-state index in [-0.39, 0.29) is 0 Å².